The molecule has 0 saturated heterocycles. The number of aromatic nitrogens is 1. The lowest BCUT2D eigenvalue weighted by Gasteiger charge is -2.20. The maximum atomic E-state index is 13.1. The quantitative estimate of drug-likeness (QED) is 0.426. The molecule has 0 N–H and O–H groups in total. The number of fused-ring (bicyclic) bond motifs is 1. The molecule has 3 aromatic carbocycles. The van der Waals surface area contributed by atoms with Gasteiger partial charge >= 0.3 is 0 Å². The Balaban J connectivity index is 1.64. The van der Waals surface area contributed by atoms with E-state index in [0.29, 0.717) is 17.4 Å². The van der Waals surface area contributed by atoms with E-state index in [0.717, 1.165) is 21.3 Å². The summed E-state index contributed by atoms with van der Waals surface area (Å²) in [6, 6.07) is 23.6. The number of carbonyl (C=O) groups excluding carboxylic acids is 1. The molecule has 0 fully saturated rings. The Labute approximate surface area is 174 Å². The summed E-state index contributed by atoms with van der Waals surface area (Å²) in [6.07, 6.45) is 0. The van der Waals surface area contributed by atoms with Gasteiger partial charge in [0.2, 0.25) is 0 Å². The van der Waals surface area contributed by atoms with Gasteiger partial charge in [-0.3, -0.25) is 9.69 Å². The summed E-state index contributed by atoms with van der Waals surface area (Å²) in [7, 11) is 0. The molecule has 0 aliphatic rings. The van der Waals surface area contributed by atoms with Gasteiger partial charge in [0, 0.05) is 0 Å². The second-order valence-electron chi connectivity index (χ2n) is 6.99. The van der Waals surface area contributed by atoms with Crippen LogP contribution in [0.4, 0.5) is 5.13 Å². The number of amides is 1. The van der Waals surface area contributed by atoms with E-state index in [-0.39, 0.29) is 12.5 Å². The lowest BCUT2D eigenvalue weighted by Crippen LogP contribution is -2.34. The molecule has 0 radical (unpaired) electrons. The molecule has 29 heavy (non-hydrogen) atoms. The van der Waals surface area contributed by atoms with Crippen LogP contribution in [0, 0.1) is 13.8 Å². The molecule has 4 aromatic rings. The van der Waals surface area contributed by atoms with Gasteiger partial charge in [-0.1, -0.05) is 65.9 Å². The monoisotopic (exact) mass is 402 g/mol. The summed E-state index contributed by atoms with van der Waals surface area (Å²) in [6.45, 7) is 4.55. The number of anilines is 1. The Bertz CT molecular complexity index is 1120. The van der Waals surface area contributed by atoms with Crippen LogP contribution in [0.15, 0.2) is 72.8 Å². The van der Waals surface area contributed by atoms with Crippen LogP contribution in [-0.2, 0) is 11.3 Å². The average molecular weight is 403 g/mol. The van der Waals surface area contributed by atoms with Crippen molar-refractivity contribution >= 4 is 32.6 Å². The summed E-state index contributed by atoms with van der Waals surface area (Å²) >= 11 is 1.54. The van der Waals surface area contributed by atoms with E-state index in [2.05, 4.69) is 26.0 Å². The van der Waals surface area contributed by atoms with Gasteiger partial charge in [0.15, 0.2) is 11.7 Å². The van der Waals surface area contributed by atoms with E-state index in [1.165, 1.54) is 5.56 Å². The lowest BCUT2D eigenvalue weighted by molar-refractivity contribution is -0.120. The van der Waals surface area contributed by atoms with Gasteiger partial charge in [0.1, 0.15) is 5.75 Å². The molecule has 0 bridgehead atoms. The van der Waals surface area contributed by atoms with Crippen molar-refractivity contribution in [1.29, 1.82) is 0 Å². The number of benzene rings is 3. The predicted molar refractivity (Wildman–Crippen MR) is 119 cm³/mol. The summed E-state index contributed by atoms with van der Waals surface area (Å²) in [5.41, 5.74) is 4.31. The molecule has 1 aromatic heterocycles. The molecule has 5 heteroatoms. The first kappa shape index (κ1) is 19.2. The van der Waals surface area contributed by atoms with E-state index < -0.39 is 0 Å². The van der Waals surface area contributed by atoms with Gasteiger partial charge in [-0.15, -0.1) is 0 Å². The number of carbonyl (C=O) groups is 1. The Morgan fingerprint density at radius 1 is 1.00 bits per heavy atom. The minimum absolute atomic E-state index is 0.0369. The zero-order valence-electron chi connectivity index (χ0n) is 16.5. The molecule has 1 amide bonds. The molecule has 0 unspecified atom stereocenters. The fourth-order valence-corrected chi connectivity index (χ4v) is 4.40. The van der Waals surface area contributed by atoms with Gasteiger partial charge in [-0.2, -0.15) is 0 Å². The second-order valence-corrected chi connectivity index (χ2v) is 8.00. The molecule has 146 valence electrons. The fourth-order valence-electron chi connectivity index (χ4n) is 3.24. The average Bonchev–Trinajstić information content (AvgIpc) is 3.16. The highest BCUT2D eigenvalue weighted by Crippen LogP contribution is 2.32. The maximum Gasteiger partial charge on any atom is 0.267 e. The third kappa shape index (κ3) is 4.46. The van der Waals surface area contributed by atoms with Crippen LogP contribution in [0.3, 0.4) is 0 Å². The number of thiazole rings is 1. The zero-order valence-corrected chi connectivity index (χ0v) is 17.3. The smallest absolute Gasteiger partial charge is 0.267 e. The van der Waals surface area contributed by atoms with Crippen molar-refractivity contribution in [2.75, 3.05) is 11.5 Å². The number of nitrogens with zero attached hydrogens (tertiary/aromatic N) is 2. The lowest BCUT2D eigenvalue weighted by atomic mass is 10.1. The number of hydrogen-bond acceptors (Lipinski definition) is 4. The van der Waals surface area contributed by atoms with Gasteiger partial charge in [0.25, 0.3) is 5.91 Å². The molecule has 0 aliphatic heterocycles. The van der Waals surface area contributed by atoms with Crippen molar-refractivity contribution in [3.05, 3.63) is 89.5 Å². The predicted octanol–water partition coefficient (Wildman–Crippen LogP) is 5.53. The molecule has 0 spiro atoms. The minimum Gasteiger partial charge on any atom is -0.484 e. The van der Waals surface area contributed by atoms with E-state index in [1.807, 2.05) is 60.7 Å². The highest BCUT2D eigenvalue weighted by atomic mass is 32.1. The van der Waals surface area contributed by atoms with Crippen LogP contribution in [0.5, 0.6) is 5.75 Å². The number of hydrogen-bond donors (Lipinski definition) is 0. The minimum atomic E-state index is -0.119. The van der Waals surface area contributed by atoms with Crippen molar-refractivity contribution in [1.82, 2.24) is 4.98 Å². The second kappa shape index (κ2) is 8.45. The Morgan fingerprint density at radius 3 is 2.41 bits per heavy atom. The van der Waals surface area contributed by atoms with Crippen molar-refractivity contribution in [3.63, 3.8) is 0 Å². The number of para-hydroxylation sites is 1. The molecular weight excluding hydrogens is 380 g/mol. The van der Waals surface area contributed by atoms with Gasteiger partial charge in [-0.05, 0) is 48.7 Å². The van der Waals surface area contributed by atoms with E-state index in [1.54, 1.807) is 16.2 Å². The van der Waals surface area contributed by atoms with Crippen LogP contribution in [0.25, 0.3) is 10.2 Å². The molecule has 0 atom stereocenters. The third-order valence-corrected chi connectivity index (χ3v) is 5.66. The number of ether oxygens (including phenoxy) is 1. The van der Waals surface area contributed by atoms with E-state index >= 15 is 0 Å². The highest BCUT2D eigenvalue weighted by Gasteiger charge is 2.21. The van der Waals surface area contributed by atoms with Gasteiger partial charge in [-0.25, -0.2) is 4.98 Å². The summed E-state index contributed by atoms with van der Waals surface area (Å²) in [5.74, 6) is 0.558. The van der Waals surface area contributed by atoms with Crippen LogP contribution >= 0.6 is 11.3 Å². The van der Waals surface area contributed by atoms with E-state index in [4.69, 9.17) is 9.72 Å². The maximum absolute atomic E-state index is 13.1. The number of aryl methyl sites for hydroxylation is 2. The van der Waals surface area contributed by atoms with Crippen molar-refractivity contribution < 1.29 is 9.53 Å². The summed E-state index contributed by atoms with van der Waals surface area (Å²) < 4.78 is 6.80. The Morgan fingerprint density at radius 2 is 1.69 bits per heavy atom. The van der Waals surface area contributed by atoms with Crippen molar-refractivity contribution in [2.45, 2.75) is 20.4 Å². The molecule has 1 heterocycles. The SMILES string of the molecule is Cc1cc(C)c2nc(N(Cc3ccccc3)C(=O)COc3ccccc3)sc2c1. The normalized spacial score (nSPS) is 10.8. The highest BCUT2D eigenvalue weighted by molar-refractivity contribution is 7.22. The van der Waals surface area contributed by atoms with Crippen LogP contribution in [0.1, 0.15) is 16.7 Å². The largest absolute Gasteiger partial charge is 0.484 e. The Hall–Kier alpha value is -3.18. The molecular formula is C24H22N2O2S. The summed E-state index contributed by atoms with van der Waals surface area (Å²) in [4.78, 5) is 19.6. The third-order valence-electron chi connectivity index (χ3n) is 4.64. The van der Waals surface area contributed by atoms with Gasteiger partial charge in [0.05, 0.1) is 16.8 Å². The van der Waals surface area contributed by atoms with Crippen LogP contribution in [-0.4, -0.2) is 17.5 Å². The van der Waals surface area contributed by atoms with Crippen LogP contribution in [0.2, 0.25) is 0 Å². The first-order valence-electron chi connectivity index (χ1n) is 9.50. The fraction of sp³-hybridized carbons (Fsp3) is 0.167. The van der Waals surface area contributed by atoms with E-state index in [9.17, 15) is 4.79 Å². The molecule has 4 nitrogen and oxygen atoms in total. The van der Waals surface area contributed by atoms with Crippen molar-refractivity contribution in [2.24, 2.45) is 0 Å². The first-order chi connectivity index (χ1) is 14.1. The zero-order chi connectivity index (χ0) is 20.2. The Kier molecular flexibility index (Phi) is 5.58. The molecule has 0 aliphatic carbocycles. The summed E-state index contributed by atoms with van der Waals surface area (Å²) in [5, 5.41) is 0.694. The number of rotatable bonds is 6. The van der Waals surface area contributed by atoms with Gasteiger partial charge < -0.3 is 4.74 Å². The van der Waals surface area contributed by atoms with Crippen LogP contribution < -0.4 is 9.64 Å². The molecule has 4 rings (SSSR count). The topological polar surface area (TPSA) is 42.4 Å². The van der Waals surface area contributed by atoms with Crippen molar-refractivity contribution in [3.8, 4) is 5.75 Å². The standard InChI is InChI=1S/C24H22N2O2S/c1-17-13-18(2)23-21(14-17)29-24(25-23)26(15-19-9-5-3-6-10-19)22(27)16-28-20-11-7-4-8-12-20/h3-14H,15-16H2,1-2H3. The molecule has 0 saturated carbocycles. The first-order valence-corrected chi connectivity index (χ1v) is 10.3.